The molecule has 2 heterocycles. The lowest BCUT2D eigenvalue weighted by molar-refractivity contribution is 1.26. The van der Waals surface area contributed by atoms with Gasteiger partial charge in [0.2, 0.25) is 0 Å². The topological polar surface area (TPSA) is 9.86 Å². The molecule has 8 aromatic carbocycles. The molecular weight excluding hydrogens is 691 g/mol. The zero-order valence-electron chi connectivity index (χ0n) is 29.8. The van der Waals surface area contributed by atoms with Crippen LogP contribution in [-0.2, 0) is 12.3 Å². The van der Waals surface area contributed by atoms with Crippen LogP contribution in [0.5, 0.6) is 0 Å². The van der Waals surface area contributed by atoms with Gasteiger partial charge in [0, 0.05) is 40.9 Å². The van der Waals surface area contributed by atoms with Gasteiger partial charge in [-0.2, -0.15) is 0 Å². The van der Waals surface area contributed by atoms with Crippen molar-refractivity contribution in [3.05, 3.63) is 218 Å². The SMILES string of the molecule is c1ccc(P(Cc2ccc3ccccc3c2-c2c(CP(c3ccccc3)n3ccc4ccccc43)ccc3ccccc23)n2ccc3ccccc32)cc1. The van der Waals surface area contributed by atoms with Crippen molar-refractivity contribution >= 4 is 70.1 Å². The maximum atomic E-state index is 2.55. The summed E-state index contributed by atoms with van der Waals surface area (Å²) >= 11 is 0. The lowest BCUT2D eigenvalue weighted by atomic mass is 9.88. The molecule has 0 amide bonds. The molecule has 0 bridgehead atoms. The Morgan fingerprint density at radius 3 is 1.13 bits per heavy atom. The summed E-state index contributed by atoms with van der Waals surface area (Å²) in [5.41, 5.74) is 8.06. The van der Waals surface area contributed by atoms with Crippen LogP contribution in [0.2, 0.25) is 0 Å². The van der Waals surface area contributed by atoms with E-state index in [1.807, 2.05) is 0 Å². The van der Waals surface area contributed by atoms with Gasteiger partial charge in [0.1, 0.15) is 0 Å². The predicted molar refractivity (Wildman–Crippen MR) is 235 cm³/mol. The van der Waals surface area contributed by atoms with E-state index in [2.05, 4.69) is 215 Å². The summed E-state index contributed by atoms with van der Waals surface area (Å²) < 4.78 is 5.10. The molecule has 4 heteroatoms. The number of aromatic nitrogens is 2. The Morgan fingerprint density at radius 2 is 0.685 bits per heavy atom. The Labute approximate surface area is 318 Å². The number of nitrogens with zero attached hydrogens (tertiary/aromatic N) is 2. The highest BCUT2D eigenvalue weighted by molar-refractivity contribution is 7.64. The van der Waals surface area contributed by atoms with Gasteiger partial charge in [0.15, 0.2) is 0 Å². The van der Waals surface area contributed by atoms with Gasteiger partial charge in [-0.1, -0.05) is 170 Å². The van der Waals surface area contributed by atoms with Crippen molar-refractivity contribution in [2.75, 3.05) is 0 Å². The van der Waals surface area contributed by atoms with Gasteiger partial charge in [-0.15, -0.1) is 0 Å². The number of hydrogen-bond acceptors (Lipinski definition) is 0. The van der Waals surface area contributed by atoms with Crippen LogP contribution in [0.15, 0.2) is 207 Å². The van der Waals surface area contributed by atoms with Crippen molar-refractivity contribution in [2.24, 2.45) is 0 Å². The second-order valence-corrected chi connectivity index (χ2v) is 18.0. The molecule has 0 aliphatic rings. The number of rotatable bonds is 9. The first-order valence-corrected chi connectivity index (χ1v) is 21.6. The van der Waals surface area contributed by atoms with Crippen molar-refractivity contribution in [2.45, 2.75) is 12.3 Å². The summed E-state index contributed by atoms with van der Waals surface area (Å²) in [5, 5.41) is 10.5. The summed E-state index contributed by atoms with van der Waals surface area (Å²) in [5.74, 6) is 0. The highest BCUT2D eigenvalue weighted by Gasteiger charge is 2.25. The van der Waals surface area contributed by atoms with Crippen LogP contribution in [-0.4, -0.2) is 8.68 Å². The molecule has 2 nitrogen and oxygen atoms in total. The van der Waals surface area contributed by atoms with E-state index in [-0.39, 0.29) is 0 Å². The summed E-state index contributed by atoms with van der Waals surface area (Å²) in [6, 6.07) is 72.0. The Bertz CT molecular complexity index is 2710. The zero-order valence-corrected chi connectivity index (χ0v) is 31.6. The highest BCUT2D eigenvalue weighted by atomic mass is 31.1. The van der Waals surface area contributed by atoms with Crippen molar-refractivity contribution in [3.8, 4) is 11.1 Å². The second-order valence-electron chi connectivity index (χ2n) is 13.9. The molecule has 0 spiro atoms. The molecule has 0 saturated carbocycles. The quantitative estimate of drug-likeness (QED) is 0.131. The van der Waals surface area contributed by atoms with E-state index in [0.29, 0.717) is 0 Å². The van der Waals surface area contributed by atoms with E-state index < -0.39 is 16.1 Å². The van der Waals surface area contributed by atoms with Crippen LogP contribution in [0.3, 0.4) is 0 Å². The van der Waals surface area contributed by atoms with Crippen LogP contribution < -0.4 is 10.6 Å². The first kappa shape index (κ1) is 32.8. The molecule has 0 N–H and O–H groups in total. The maximum Gasteiger partial charge on any atom is 0.0517 e. The number of fused-ring (bicyclic) bond motifs is 4. The molecule has 0 radical (unpaired) electrons. The zero-order chi connectivity index (χ0) is 35.8. The van der Waals surface area contributed by atoms with E-state index in [1.165, 1.54) is 76.2 Å². The number of hydrogen-bond donors (Lipinski definition) is 0. The van der Waals surface area contributed by atoms with Gasteiger partial charge in [-0.05, 0) is 89.4 Å². The molecule has 10 rings (SSSR count). The standard InChI is InChI=1S/C50H38N2P2/c1-3-19-43(20-4-1)53(51-33-31-39-17-9-13-25-47(39)51)35-41-29-27-37-15-7-11-23-45(37)49(41)50-42(30-28-38-16-8-12-24-46(38)50)36-54(44-21-5-2-6-22-44)52-34-32-40-18-10-14-26-48(40)52/h1-34H,35-36H2. The molecule has 0 aliphatic carbocycles. The normalized spacial score (nSPS) is 12.8. The Kier molecular flexibility index (Phi) is 8.65. The Hall–Kier alpha value is -5.78. The maximum absolute atomic E-state index is 2.55. The first-order valence-electron chi connectivity index (χ1n) is 18.6. The van der Waals surface area contributed by atoms with E-state index >= 15 is 0 Å². The third kappa shape index (κ3) is 5.93. The molecule has 0 fully saturated rings. The fourth-order valence-corrected chi connectivity index (χ4v) is 12.9. The Morgan fingerprint density at radius 1 is 0.315 bits per heavy atom. The molecular formula is C50H38N2P2. The predicted octanol–water partition coefficient (Wildman–Crippen LogP) is 13.1. The lowest BCUT2D eigenvalue weighted by Crippen LogP contribution is -2.10. The van der Waals surface area contributed by atoms with Gasteiger partial charge in [0.05, 0.1) is 11.0 Å². The smallest absolute Gasteiger partial charge is 0.0517 e. The van der Waals surface area contributed by atoms with Crippen LogP contribution in [0, 0.1) is 0 Å². The minimum atomic E-state index is -0.791. The molecule has 2 unspecified atom stereocenters. The van der Waals surface area contributed by atoms with E-state index in [0.717, 1.165) is 12.3 Å². The average molecular weight is 729 g/mol. The molecule has 2 aromatic heterocycles. The van der Waals surface area contributed by atoms with Gasteiger partial charge in [-0.25, -0.2) is 0 Å². The fraction of sp³-hybridized carbons (Fsp3) is 0.0400. The van der Waals surface area contributed by atoms with Crippen LogP contribution >= 0.6 is 16.1 Å². The monoisotopic (exact) mass is 728 g/mol. The fourth-order valence-electron chi connectivity index (χ4n) is 8.15. The van der Waals surface area contributed by atoms with Gasteiger partial charge < -0.3 is 8.68 Å². The van der Waals surface area contributed by atoms with Crippen molar-refractivity contribution in [1.82, 2.24) is 8.68 Å². The molecule has 258 valence electrons. The van der Waals surface area contributed by atoms with E-state index in [9.17, 15) is 0 Å². The van der Waals surface area contributed by atoms with Crippen molar-refractivity contribution in [3.63, 3.8) is 0 Å². The molecule has 10 aromatic rings. The Balaban J connectivity index is 1.21. The van der Waals surface area contributed by atoms with Gasteiger partial charge in [0.25, 0.3) is 0 Å². The van der Waals surface area contributed by atoms with E-state index in [4.69, 9.17) is 0 Å². The third-order valence-electron chi connectivity index (χ3n) is 10.7. The van der Waals surface area contributed by atoms with E-state index in [1.54, 1.807) is 0 Å². The highest BCUT2D eigenvalue weighted by Crippen LogP contribution is 2.51. The van der Waals surface area contributed by atoms with Gasteiger partial charge >= 0.3 is 0 Å². The molecule has 54 heavy (non-hydrogen) atoms. The van der Waals surface area contributed by atoms with Crippen LogP contribution in [0.25, 0.3) is 54.5 Å². The largest absolute Gasteiger partial charge is 0.321 e. The average Bonchev–Trinajstić information content (AvgIpc) is 3.87. The minimum absolute atomic E-state index is 0.791. The van der Waals surface area contributed by atoms with Crippen LogP contribution in [0.1, 0.15) is 11.1 Å². The molecule has 0 saturated heterocycles. The second kappa shape index (κ2) is 14.2. The summed E-state index contributed by atoms with van der Waals surface area (Å²) in [4.78, 5) is 0. The van der Waals surface area contributed by atoms with Crippen LogP contribution in [0.4, 0.5) is 0 Å². The lowest BCUT2D eigenvalue weighted by Gasteiger charge is -2.26. The summed E-state index contributed by atoms with van der Waals surface area (Å²) in [6.07, 6.45) is 6.44. The summed E-state index contributed by atoms with van der Waals surface area (Å²) in [6.45, 7) is 0. The van der Waals surface area contributed by atoms with Gasteiger partial charge in [-0.3, -0.25) is 0 Å². The number of para-hydroxylation sites is 2. The minimum Gasteiger partial charge on any atom is -0.321 e. The molecule has 2 atom stereocenters. The third-order valence-corrected chi connectivity index (χ3v) is 15.5. The summed E-state index contributed by atoms with van der Waals surface area (Å²) in [7, 11) is -1.58. The molecule has 0 aliphatic heterocycles. The number of benzene rings is 8. The van der Waals surface area contributed by atoms with Crippen molar-refractivity contribution < 1.29 is 0 Å². The van der Waals surface area contributed by atoms with Crippen molar-refractivity contribution in [1.29, 1.82) is 0 Å². The first-order chi connectivity index (χ1) is 26.8.